The van der Waals surface area contributed by atoms with Gasteiger partial charge in [0.25, 0.3) is 0 Å². The minimum atomic E-state index is 0.672. The van der Waals surface area contributed by atoms with E-state index in [1.165, 1.54) is 35.8 Å². The molecule has 0 amide bonds. The Morgan fingerprint density at radius 2 is 2.00 bits per heavy atom. The molecule has 1 N–H and O–H groups in total. The van der Waals surface area contributed by atoms with E-state index in [1.54, 1.807) is 5.56 Å². The highest BCUT2D eigenvalue weighted by atomic mass is 32.1. The van der Waals surface area contributed by atoms with Crippen molar-refractivity contribution in [2.45, 2.75) is 31.7 Å². The molecule has 2 heteroatoms. The number of hydrogen-bond acceptors (Lipinski definition) is 2. The van der Waals surface area contributed by atoms with E-state index in [4.69, 9.17) is 0 Å². The third-order valence-electron chi connectivity index (χ3n) is 5.22. The number of hydrogen-bond donors (Lipinski definition) is 1. The molecule has 2 aliphatic rings. The van der Waals surface area contributed by atoms with Crippen LogP contribution in [-0.2, 0) is 6.42 Å². The lowest BCUT2D eigenvalue weighted by Gasteiger charge is -2.24. The molecular weight excluding hydrogens is 250 g/mol. The van der Waals surface area contributed by atoms with E-state index >= 15 is 0 Å². The number of thiophene rings is 1. The number of benzene rings is 1. The van der Waals surface area contributed by atoms with Gasteiger partial charge >= 0.3 is 0 Å². The van der Waals surface area contributed by atoms with Crippen molar-refractivity contribution in [3.05, 3.63) is 35.2 Å². The summed E-state index contributed by atoms with van der Waals surface area (Å²) in [4.78, 5) is 0. The lowest BCUT2D eigenvalue weighted by molar-refractivity contribution is 0.350. The summed E-state index contributed by atoms with van der Waals surface area (Å²) < 4.78 is 1.43. The summed E-state index contributed by atoms with van der Waals surface area (Å²) in [5, 5.41) is 7.43. The number of likely N-dealkylation sites (N-methyl/N-ethyl adjacent to an activating group) is 1. The first-order valence-corrected chi connectivity index (χ1v) is 8.35. The van der Waals surface area contributed by atoms with E-state index in [1.807, 2.05) is 11.3 Å². The normalized spacial score (nSPS) is 30.5. The van der Waals surface area contributed by atoms with Crippen LogP contribution in [0.3, 0.4) is 0 Å². The fourth-order valence-electron chi connectivity index (χ4n) is 4.02. The Bertz CT molecular complexity index is 578. The maximum Gasteiger partial charge on any atom is 0.0345 e. The molecule has 0 saturated heterocycles. The second kappa shape index (κ2) is 4.60. The van der Waals surface area contributed by atoms with Crippen molar-refractivity contribution >= 4 is 21.4 Å². The van der Waals surface area contributed by atoms with Crippen LogP contribution in [0, 0.1) is 17.8 Å². The van der Waals surface area contributed by atoms with Gasteiger partial charge in [0, 0.05) is 10.7 Å². The van der Waals surface area contributed by atoms with Gasteiger partial charge in [0.15, 0.2) is 0 Å². The minimum absolute atomic E-state index is 0.672. The van der Waals surface area contributed by atoms with Crippen LogP contribution in [0.25, 0.3) is 10.1 Å². The van der Waals surface area contributed by atoms with Gasteiger partial charge in [0.05, 0.1) is 0 Å². The molecule has 0 radical (unpaired) electrons. The Labute approximate surface area is 119 Å². The van der Waals surface area contributed by atoms with Crippen molar-refractivity contribution in [2.75, 3.05) is 7.05 Å². The molecule has 4 rings (SSSR count). The molecule has 1 aromatic carbocycles. The smallest absolute Gasteiger partial charge is 0.0345 e. The third-order valence-corrected chi connectivity index (χ3v) is 6.23. The average Bonchev–Trinajstić information content (AvgIpc) is 2.88. The van der Waals surface area contributed by atoms with E-state index in [-0.39, 0.29) is 0 Å². The first-order chi connectivity index (χ1) is 9.35. The zero-order chi connectivity index (χ0) is 12.8. The predicted molar refractivity (Wildman–Crippen MR) is 82.7 cm³/mol. The molecule has 2 aliphatic carbocycles. The van der Waals surface area contributed by atoms with Crippen molar-refractivity contribution in [3.63, 3.8) is 0 Å². The summed E-state index contributed by atoms with van der Waals surface area (Å²) in [6.07, 6.45) is 5.66. The van der Waals surface area contributed by atoms with Gasteiger partial charge in [0.1, 0.15) is 0 Å². The van der Waals surface area contributed by atoms with Crippen LogP contribution in [-0.4, -0.2) is 13.1 Å². The molecule has 2 fully saturated rings. The first kappa shape index (κ1) is 11.9. The molecule has 1 nitrogen and oxygen atoms in total. The minimum Gasteiger partial charge on any atom is -0.316 e. The molecule has 0 bridgehead atoms. The van der Waals surface area contributed by atoms with Gasteiger partial charge in [0.2, 0.25) is 0 Å². The van der Waals surface area contributed by atoms with Crippen LogP contribution in [0.15, 0.2) is 29.6 Å². The molecule has 0 spiro atoms. The lowest BCUT2D eigenvalue weighted by Crippen LogP contribution is -2.34. The van der Waals surface area contributed by atoms with E-state index in [0.29, 0.717) is 6.04 Å². The molecule has 1 aromatic heterocycles. The number of fused-ring (bicyclic) bond motifs is 2. The van der Waals surface area contributed by atoms with E-state index in [0.717, 1.165) is 17.8 Å². The van der Waals surface area contributed by atoms with Crippen LogP contribution >= 0.6 is 11.3 Å². The van der Waals surface area contributed by atoms with Gasteiger partial charge in [-0.05, 0) is 72.9 Å². The van der Waals surface area contributed by atoms with Crippen molar-refractivity contribution in [3.8, 4) is 0 Å². The maximum absolute atomic E-state index is 3.59. The van der Waals surface area contributed by atoms with Crippen molar-refractivity contribution in [1.82, 2.24) is 5.32 Å². The highest BCUT2D eigenvalue weighted by Gasteiger charge is 2.47. The van der Waals surface area contributed by atoms with E-state index in [9.17, 15) is 0 Å². The Morgan fingerprint density at radius 3 is 2.79 bits per heavy atom. The van der Waals surface area contributed by atoms with Gasteiger partial charge in [-0.2, -0.15) is 0 Å². The molecule has 1 heterocycles. The summed E-state index contributed by atoms with van der Waals surface area (Å²) in [7, 11) is 2.14. The molecule has 3 unspecified atom stereocenters. The summed E-state index contributed by atoms with van der Waals surface area (Å²) in [6.45, 7) is 0. The van der Waals surface area contributed by atoms with Crippen molar-refractivity contribution in [2.24, 2.45) is 17.8 Å². The monoisotopic (exact) mass is 271 g/mol. The van der Waals surface area contributed by atoms with Crippen LogP contribution in [0.5, 0.6) is 0 Å². The van der Waals surface area contributed by atoms with Gasteiger partial charge in [-0.25, -0.2) is 0 Å². The van der Waals surface area contributed by atoms with E-state index in [2.05, 4.69) is 42.0 Å². The highest BCUT2D eigenvalue weighted by molar-refractivity contribution is 7.17. The Hall–Kier alpha value is -0.860. The standard InChI is InChI=1S/C17H21NS/c1-18-16(13-7-11-6-12(11)8-13)9-14-10-19-17-5-3-2-4-15(14)17/h2-5,10-13,16,18H,6-9H2,1H3. The van der Waals surface area contributed by atoms with Gasteiger partial charge in [-0.1, -0.05) is 18.2 Å². The predicted octanol–water partition coefficient (Wildman–Crippen LogP) is 4.08. The van der Waals surface area contributed by atoms with Crippen LogP contribution in [0.1, 0.15) is 24.8 Å². The first-order valence-electron chi connectivity index (χ1n) is 7.47. The van der Waals surface area contributed by atoms with Crippen LogP contribution < -0.4 is 5.32 Å². The van der Waals surface area contributed by atoms with Gasteiger partial charge in [-0.15, -0.1) is 11.3 Å². The molecule has 0 aliphatic heterocycles. The van der Waals surface area contributed by atoms with Crippen molar-refractivity contribution < 1.29 is 0 Å². The second-order valence-corrected chi connectivity index (χ2v) is 7.25. The molecule has 2 aromatic rings. The maximum atomic E-state index is 3.59. The summed E-state index contributed by atoms with van der Waals surface area (Å²) in [6, 6.07) is 9.49. The summed E-state index contributed by atoms with van der Waals surface area (Å²) in [5.41, 5.74) is 1.54. The molecule has 19 heavy (non-hydrogen) atoms. The van der Waals surface area contributed by atoms with Crippen LogP contribution in [0.2, 0.25) is 0 Å². The third kappa shape index (κ3) is 2.11. The second-order valence-electron chi connectivity index (χ2n) is 6.34. The molecular formula is C17H21NS. The molecule has 3 atom stereocenters. The van der Waals surface area contributed by atoms with Gasteiger partial charge < -0.3 is 5.32 Å². The fraction of sp³-hybridized carbons (Fsp3) is 0.529. The Kier molecular flexibility index (Phi) is 2.89. The largest absolute Gasteiger partial charge is 0.316 e. The lowest BCUT2D eigenvalue weighted by atomic mass is 9.90. The van der Waals surface area contributed by atoms with Crippen LogP contribution in [0.4, 0.5) is 0 Å². The number of nitrogens with one attached hydrogen (secondary N) is 1. The Morgan fingerprint density at radius 1 is 1.21 bits per heavy atom. The SMILES string of the molecule is CNC(Cc1csc2ccccc12)C1CC2CC2C1. The van der Waals surface area contributed by atoms with Gasteiger partial charge in [-0.3, -0.25) is 0 Å². The zero-order valence-electron chi connectivity index (χ0n) is 11.4. The number of rotatable bonds is 4. The molecule has 100 valence electrons. The highest BCUT2D eigenvalue weighted by Crippen LogP contribution is 2.55. The fourth-order valence-corrected chi connectivity index (χ4v) is 5.00. The summed E-state index contributed by atoms with van der Waals surface area (Å²) in [5.74, 6) is 3.08. The quantitative estimate of drug-likeness (QED) is 0.883. The molecule has 2 saturated carbocycles. The topological polar surface area (TPSA) is 12.0 Å². The Balaban J connectivity index is 1.55. The zero-order valence-corrected chi connectivity index (χ0v) is 12.2. The summed E-state index contributed by atoms with van der Waals surface area (Å²) >= 11 is 1.89. The average molecular weight is 271 g/mol. The van der Waals surface area contributed by atoms with Crippen molar-refractivity contribution in [1.29, 1.82) is 0 Å². The van der Waals surface area contributed by atoms with E-state index < -0.39 is 0 Å².